The monoisotopic (exact) mass is 280 g/mol. The van der Waals surface area contributed by atoms with Crippen LogP contribution in [0.2, 0.25) is 10.0 Å². The summed E-state index contributed by atoms with van der Waals surface area (Å²) in [5.41, 5.74) is 4.56. The number of hydrogen-bond donors (Lipinski definition) is 1. The van der Waals surface area contributed by atoms with Crippen molar-refractivity contribution >= 4 is 39.8 Å². The van der Waals surface area contributed by atoms with Gasteiger partial charge in [-0.1, -0.05) is 23.2 Å². The number of rotatable bonds is 2. The van der Waals surface area contributed by atoms with Crippen LogP contribution in [0.15, 0.2) is 12.1 Å². The zero-order valence-electron chi connectivity index (χ0n) is 10.2. The third kappa shape index (κ3) is 1.84. The van der Waals surface area contributed by atoms with E-state index in [0.717, 1.165) is 36.0 Å². The molecule has 2 nitrogen and oxygen atoms in total. The highest BCUT2D eigenvalue weighted by Gasteiger charge is 2.20. The van der Waals surface area contributed by atoms with Crippen molar-refractivity contribution in [1.82, 2.24) is 4.98 Å². The fourth-order valence-electron chi connectivity index (χ4n) is 2.68. The molecule has 0 radical (unpaired) electrons. The minimum atomic E-state index is 0.639. The van der Waals surface area contributed by atoms with Crippen LogP contribution in [0, 0.1) is 0 Å². The summed E-state index contributed by atoms with van der Waals surface area (Å²) >= 11 is 12.4. The normalized spacial score (nSPS) is 13.9. The Kier molecular flexibility index (Phi) is 3.08. The van der Waals surface area contributed by atoms with Gasteiger partial charge in [0, 0.05) is 22.6 Å². The molecule has 0 unspecified atom stereocenters. The van der Waals surface area contributed by atoms with Gasteiger partial charge in [-0.15, -0.1) is 0 Å². The van der Waals surface area contributed by atoms with Crippen LogP contribution in [-0.4, -0.2) is 11.5 Å². The third-order valence-electron chi connectivity index (χ3n) is 3.38. The zero-order chi connectivity index (χ0) is 12.7. The topological polar surface area (TPSA) is 24.9 Å². The van der Waals surface area contributed by atoms with Crippen LogP contribution in [0.4, 0.5) is 5.69 Å². The number of aryl methyl sites for hydroxylation is 1. The highest BCUT2D eigenvalue weighted by molar-refractivity contribution is 6.39. The SMILES string of the molecule is CCNc1c2c(nc3cc(Cl)cc(Cl)c13)CCC2. The van der Waals surface area contributed by atoms with Crippen molar-refractivity contribution in [3.05, 3.63) is 33.4 Å². The van der Waals surface area contributed by atoms with Crippen molar-refractivity contribution in [3.63, 3.8) is 0 Å². The van der Waals surface area contributed by atoms with Crippen LogP contribution in [0.1, 0.15) is 24.6 Å². The Bertz CT molecular complexity index is 623. The number of hydrogen-bond acceptors (Lipinski definition) is 2. The summed E-state index contributed by atoms with van der Waals surface area (Å²) in [5, 5.41) is 5.76. The molecular formula is C14H14Cl2N2. The maximum Gasteiger partial charge on any atom is 0.0756 e. The lowest BCUT2D eigenvalue weighted by Crippen LogP contribution is -2.03. The van der Waals surface area contributed by atoms with Gasteiger partial charge < -0.3 is 5.32 Å². The van der Waals surface area contributed by atoms with E-state index in [4.69, 9.17) is 28.2 Å². The number of anilines is 1. The summed E-state index contributed by atoms with van der Waals surface area (Å²) in [7, 11) is 0. The summed E-state index contributed by atoms with van der Waals surface area (Å²) in [4.78, 5) is 4.71. The average Bonchev–Trinajstić information content (AvgIpc) is 2.75. The molecule has 2 aromatic rings. The molecule has 1 aromatic carbocycles. The van der Waals surface area contributed by atoms with Crippen molar-refractivity contribution in [2.45, 2.75) is 26.2 Å². The van der Waals surface area contributed by atoms with Gasteiger partial charge >= 0.3 is 0 Å². The maximum absolute atomic E-state index is 6.34. The quantitative estimate of drug-likeness (QED) is 0.879. The summed E-state index contributed by atoms with van der Waals surface area (Å²) in [6.45, 7) is 2.97. The van der Waals surface area contributed by atoms with Gasteiger partial charge in [0.15, 0.2) is 0 Å². The maximum atomic E-state index is 6.34. The van der Waals surface area contributed by atoms with Gasteiger partial charge in [-0.05, 0) is 43.9 Å². The standard InChI is InChI=1S/C14H14Cl2N2/c1-2-17-14-9-4-3-5-11(9)18-12-7-8(15)6-10(16)13(12)14/h6-7H,2-5H2,1H3,(H,17,18). The molecule has 0 saturated carbocycles. The van der Waals surface area contributed by atoms with Crippen LogP contribution in [0.3, 0.4) is 0 Å². The Balaban J connectivity index is 2.38. The largest absolute Gasteiger partial charge is 0.384 e. The highest BCUT2D eigenvalue weighted by atomic mass is 35.5. The second-order valence-corrected chi connectivity index (χ2v) is 5.42. The van der Waals surface area contributed by atoms with E-state index in [0.29, 0.717) is 10.0 Å². The van der Waals surface area contributed by atoms with Gasteiger partial charge in [-0.25, -0.2) is 0 Å². The van der Waals surface area contributed by atoms with Gasteiger partial charge in [-0.2, -0.15) is 0 Å². The molecule has 1 aromatic heterocycles. The van der Waals surface area contributed by atoms with Crippen molar-refractivity contribution in [3.8, 4) is 0 Å². The Morgan fingerprint density at radius 1 is 1.28 bits per heavy atom. The minimum Gasteiger partial charge on any atom is -0.384 e. The molecule has 3 rings (SSSR count). The lowest BCUT2D eigenvalue weighted by molar-refractivity contribution is 0.901. The summed E-state index contributed by atoms with van der Waals surface area (Å²) in [5.74, 6) is 0. The third-order valence-corrected chi connectivity index (χ3v) is 3.90. The average molecular weight is 281 g/mol. The van der Waals surface area contributed by atoms with E-state index in [9.17, 15) is 0 Å². The number of nitrogens with zero attached hydrogens (tertiary/aromatic N) is 1. The van der Waals surface area contributed by atoms with Gasteiger partial charge in [-0.3, -0.25) is 4.98 Å². The fourth-order valence-corrected chi connectivity index (χ4v) is 3.26. The predicted molar refractivity (Wildman–Crippen MR) is 78.0 cm³/mol. The first-order valence-corrected chi connectivity index (χ1v) is 7.00. The van der Waals surface area contributed by atoms with Crippen LogP contribution >= 0.6 is 23.2 Å². The molecule has 0 saturated heterocycles. The van der Waals surface area contributed by atoms with Crippen LogP contribution in [-0.2, 0) is 12.8 Å². The Morgan fingerprint density at radius 2 is 2.11 bits per heavy atom. The highest BCUT2D eigenvalue weighted by Crippen LogP contribution is 2.38. The Hall–Kier alpha value is -0.990. The molecule has 0 spiro atoms. The first kappa shape index (κ1) is 12.1. The molecular weight excluding hydrogens is 267 g/mol. The van der Waals surface area contributed by atoms with Crippen molar-refractivity contribution in [2.24, 2.45) is 0 Å². The van der Waals surface area contributed by atoms with Gasteiger partial charge in [0.25, 0.3) is 0 Å². The molecule has 18 heavy (non-hydrogen) atoms. The zero-order valence-corrected chi connectivity index (χ0v) is 11.7. The molecule has 0 amide bonds. The molecule has 1 heterocycles. The van der Waals surface area contributed by atoms with E-state index in [1.54, 1.807) is 6.07 Å². The molecule has 0 atom stereocenters. The first-order chi connectivity index (χ1) is 8.70. The molecule has 0 fully saturated rings. The van der Waals surface area contributed by atoms with E-state index in [1.165, 1.54) is 17.7 Å². The number of benzene rings is 1. The molecule has 0 bridgehead atoms. The number of nitrogens with one attached hydrogen (secondary N) is 1. The van der Waals surface area contributed by atoms with Crippen molar-refractivity contribution < 1.29 is 0 Å². The number of halogens is 2. The Morgan fingerprint density at radius 3 is 2.89 bits per heavy atom. The van der Waals surface area contributed by atoms with Crippen LogP contribution in [0.25, 0.3) is 10.9 Å². The molecule has 94 valence electrons. The fraction of sp³-hybridized carbons (Fsp3) is 0.357. The van der Waals surface area contributed by atoms with Gasteiger partial charge in [0.05, 0.1) is 16.2 Å². The lowest BCUT2D eigenvalue weighted by Gasteiger charge is -2.14. The molecule has 1 aliphatic carbocycles. The second-order valence-electron chi connectivity index (χ2n) is 4.58. The van der Waals surface area contributed by atoms with Crippen molar-refractivity contribution in [2.75, 3.05) is 11.9 Å². The van der Waals surface area contributed by atoms with Gasteiger partial charge in [0.1, 0.15) is 0 Å². The van der Waals surface area contributed by atoms with E-state index in [-0.39, 0.29) is 0 Å². The first-order valence-electron chi connectivity index (χ1n) is 6.25. The molecule has 1 N–H and O–H groups in total. The van der Waals surface area contributed by atoms with Gasteiger partial charge in [0.2, 0.25) is 0 Å². The summed E-state index contributed by atoms with van der Waals surface area (Å²) < 4.78 is 0. The van der Waals surface area contributed by atoms with E-state index in [2.05, 4.69) is 12.2 Å². The molecule has 4 heteroatoms. The number of fused-ring (bicyclic) bond motifs is 2. The summed E-state index contributed by atoms with van der Waals surface area (Å²) in [6, 6.07) is 3.68. The lowest BCUT2D eigenvalue weighted by atomic mass is 10.1. The second kappa shape index (κ2) is 4.60. The van der Waals surface area contributed by atoms with E-state index < -0.39 is 0 Å². The van der Waals surface area contributed by atoms with Crippen LogP contribution in [0.5, 0.6) is 0 Å². The van der Waals surface area contributed by atoms with Crippen LogP contribution < -0.4 is 5.32 Å². The number of pyridine rings is 1. The summed E-state index contributed by atoms with van der Waals surface area (Å²) in [6.07, 6.45) is 3.30. The smallest absolute Gasteiger partial charge is 0.0756 e. The van der Waals surface area contributed by atoms with E-state index >= 15 is 0 Å². The predicted octanol–water partition coefficient (Wildman–Crippen LogP) is 4.46. The van der Waals surface area contributed by atoms with Crippen molar-refractivity contribution in [1.29, 1.82) is 0 Å². The van der Waals surface area contributed by atoms with E-state index in [1.807, 2.05) is 6.07 Å². The Labute approximate surface area is 116 Å². The number of aromatic nitrogens is 1. The molecule has 1 aliphatic rings. The minimum absolute atomic E-state index is 0.639. The molecule has 0 aliphatic heterocycles.